The van der Waals surface area contributed by atoms with Gasteiger partial charge in [-0.2, -0.15) is 0 Å². The standard InChI is InChI=1S/C41H41F2N7O5S/c1-4-55-34-14-12-28(24-29(34)40(51)48-38-30(42)8-7-9-31(38)43)37-39(50-19-6-5-10-36(50)47-37)33-15-18-44-41(46-33)45-32-13-11-27(25-35(32)54-2)26-16-20-49(21-17-26)22-23-56(3,52)53/h5-15,18-19,24-26H,4,16-17,20-23H2,1-3H3,(H,48,51)(H,44,45,46). The van der Waals surface area contributed by atoms with E-state index in [0.717, 1.165) is 43.6 Å². The number of anilines is 3. The summed E-state index contributed by atoms with van der Waals surface area (Å²) < 4.78 is 65.7. The van der Waals surface area contributed by atoms with Crippen LogP contribution in [0.2, 0.25) is 0 Å². The van der Waals surface area contributed by atoms with Crippen LogP contribution in [0.25, 0.3) is 28.3 Å². The molecule has 3 aromatic heterocycles. The molecule has 15 heteroatoms. The zero-order valence-corrected chi connectivity index (χ0v) is 31.9. The molecule has 1 aliphatic rings. The topological polar surface area (TPSA) is 140 Å². The maximum absolute atomic E-state index is 14.5. The zero-order valence-electron chi connectivity index (χ0n) is 31.1. The van der Waals surface area contributed by atoms with Crippen molar-refractivity contribution in [2.75, 3.05) is 56.0 Å². The molecule has 1 saturated heterocycles. The number of nitrogens with zero attached hydrogens (tertiary/aromatic N) is 5. The van der Waals surface area contributed by atoms with Crippen molar-refractivity contribution < 1.29 is 31.5 Å². The van der Waals surface area contributed by atoms with Gasteiger partial charge in [0.1, 0.15) is 44.3 Å². The Bertz CT molecular complexity index is 2480. The summed E-state index contributed by atoms with van der Waals surface area (Å²) in [5.41, 5.74) is 4.13. The van der Waals surface area contributed by atoms with Gasteiger partial charge in [0.05, 0.1) is 47.8 Å². The van der Waals surface area contributed by atoms with Crippen LogP contribution in [0.3, 0.4) is 0 Å². The lowest BCUT2D eigenvalue weighted by Gasteiger charge is -2.32. The molecule has 3 aromatic carbocycles. The Morgan fingerprint density at radius 3 is 2.46 bits per heavy atom. The highest BCUT2D eigenvalue weighted by atomic mass is 32.2. The van der Waals surface area contributed by atoms with Crippen LogP contribution in [0.4, 0.5) is 26.1 Å². The van der Waals surface area contributed by atoms with Gasteiger partial charge in [-0.25, -0.2) is 32.2 Å². The first-order valence-electron chi connectivity index (χ1n) is 18.2. The number of likely N-dealkylation sites (tertiary alicyclic amines) is 1. The van der Waals surface area contributed by atoms with Crippen LogP contribution in [0.5, 0.6) is 11.5 Å². The van der Waals surface area contributed by atoms with Crippen LogP contribution in [0, 0.1) is 11.6 Å². The molecule has 0 unspecified atom stereocenters. The highest BCUT2D eigenvalue weighted by Crippen LogP contribution is 2.37. The first-order chi connectivity index (χ1) is 27.0. The quantitative estimate of drug-likeness (QED) is 0.122. The molecular formula is C41H41F2N7O5S. The van der Waals surface area contributed by atoms with Gasteiger partial charge in [-0.1, -0.05) is 18.2 Å². The summed E-state index contributed by atoms with van der Waals surface area (Å²) in [5.74, 6) is -0.916. The fourth-order valence-electron chi connectivity index (χ4n) is 6.90. The second kappa shape index (κ2) is 16.4. The van der Waals surface area contributed by atoms with Crippen molar-refractivity contribution in [3.05, 3.63) is 114 Å². The van der Waals surface area contributed by atoms with E-state index in [1.165, 1.54) is 12.3 Å². The summed E-state index contributed by atoms with van der Waals surface area (Å²) in [5, 5.41) is 5.67. The van der Waals surface area contributed by atoms with Crippen molar-refractivity contribution in [1.82, 2.24) is 24.3 Å². The molecule has 1 aliphatic heterocycles. The first-order valence-corrected chi connectivity index (χ1v) is 20.3. The van der Waals surface area contributed by atoms with Gasteiger partial charge < -0.3 is 25.0 Å². The fourth-order valence-corrected chi connectivity index (χ4v) is 7.49. The number of para-hydroxylation sites is 1. The third-order valence-corrected chi connectivity index (χ3v) is 10.7. The lowest BCUT2D eigenvalue weighted by atomic mass is 9.89. The molecule has 0 atom stereocenters. The number of pyridine rings is 1. The van der Waals surface area contributed by atoms with Crippen molar-refractivity contribution in [3.63, 3.8) is 0 Å². The number of benzene rings is 3. The number of hydrogen-bond acceptors (Lipinski definition) is 10. The van der Waals surface area contributed by atoms with E-state index in [2.05, 4.69) is 26.6 Å². The molecule has 56 heavy (non-hydrogen) atoms. The van der Waals surface area contributed by atoms with Gasteiger partial charge in [0.2, 0.25) is 5.95 Å². The van der Waals surface area contributed by atoms with Crippen LogP contribution < -0.4 is 20.1 Å². The number of sulfone groups is 1. The highest BCUT2D eigenvalue weighted by Gasteiger charge is 2.24. The number of ether oxygens (including phenoxy) is 2. The normalized spacial score (nSPS) is 13.8. The first kappa shape index (κ1) is 38.3. The number of fused-ring (bicyclic) bond motifs is 1. The number of hydrogen-bond donors (Lipinski definition) is 2. The van der Waals surface area contributed by atoms with Crippen molar-refractivity contribution in [2.24, 2.45) is 0 Å². The van der Waals surface area contributed by atoms with Gasteiger partial charge in [0.25, 0.3) is 5.91 Å². The van der Waals surface area contributed by atoms with Gasteiger partial charge >= 0.3 is 0 Å². The van der Waals surface area contributed by atoms with Crippen LogP contribution >= 0.6 is 0 Å². The molecule has 12 nitrogen and oxygen atoms in total. The van der Waals surface area contributed by atoms with Gasteiger partial charge in [0, 0.05) is 30.8 Å². The maximum atomic E-state index is 14.5. The molecule has 0 spiro atoms. The van der Waals surface area contributed by atoms with E-state index in [1.54, 1.807) is 44.5 Å². The minimum Gasteiger partial charge on any atom is -0.495 e. The average Bonchev–Trinajstić information content (AvgIpc) is 3.59. The Balaban J connectivity index is 1.17. The smallest absolute Gasteiger partial charge is 0.259 e. The van der Waals surface area contributed by atoms with Crippen LogP contribution in [-0.4, -0.2) is 83.9 Å². The minimum atomic E-state index is -3.01. The monoisotopic (exact) mass is 781 g/mol. The van der Waals surface area contributed by atoms with Crippen LogP contribution in [0.1, 0.15) is 41.6 Å². The molecule has 0 bridgehead atoms. The molecule has 4 heterocycles. The summed E-state index contributed by atoms with van der Waals surface area (Å²) in [6, 6.07) is 21.7. The van der Waals surface area contributed by atoms with Gasteiger partial charge in [-0.15, -0.1) is 0 Å². The second-order valence-corrected chi connectivity index (χ2v) is 15.8. The molecule has 2 N–H and O–H groups in total. The lowest BCUT2D eigenvalue weighted by Crippen LogP contribution is -2.36. The molecule has 0 aliphatic carbocycles. The number of carbonyl (C=O) groups excluding carboxylic acids is 1. The van der Waals surface area contributed by atoms with Gasteiger partial charge in [-0.05, 0) is 105 Å². The number of nitrogens with one attached hydrogen (secondary N) is 2. The molecule has 1 fully saturated rings. The zero-order chi connectivity index (χ0) is 39.4. The van der Waals surface area contributed by atoms with Crippen molar-refractivity contribution in [3.8, 4) is 34.1 Å². The van der Waals surface area contributed by atoms with Crippen molar-refractivity contribution >= 4 is 38.7 Å². The second-order valence-electron chi connectivity index (χ2n) is 13.5. The van der Waals surface area contributed by atoms with Gasteiger partial charge in [-0.3, -0.25) is 9.20 Å². The highest BCUT2D eigenvalue weighted by molar-refractivity contribution is 7.90. The summed E-state index contributed by atoms with van der Waals surface area (Å²) in [7, 11) is -1.40. The Hall–Kier alpha value is -5.93. The fraction of sp³-hybridized carbons (Fsp3) is 0.268. The number of imidazole rings is 1. The number of amides is 1. The Labute approximate surface area is 323 Å². The van der Waals surface area contributed by atoms with E-state index in [-0.39, 0.29) is 23.7 Å². The summed E-state index contributed by atoms with van der Waals surface area (Å²) in [4.78, 5) is 30.1. The Morgan fingerprint density at radius 2 is 1.73 bits per heavy atom. The number of piperidine rings is 1. The molecular weight excluding hydrogens is 741 g/mol. The number of methoxy groups -OCH3 is 1. The SMILES string of the molecule is CCOc1ccc(-c2nc3ccccn3c2-c2ccnc(Nc3ccc(C4CCN(CCS(C)(=O)=O)CC4)cc3OC)n2)cc1C(=O)Nc1c(F)cccc1F. The molecule has 0 saturated carbocycles. The summed E-state index contributed by atoms with van der Waals surface area (Å²) >= 11 is 0. The molecule has 6 aromatic rings. The Morgan fingerprint density at radius 1 is 0.946 bits per heavy atom. The summed E-state index contributed by atoms with van der Waals surface area (Å²) in [6.07, 6.45) is 6.59. The molecule has 290 valence electrons. The van der Waals surface area contributed by atoms with E-state index in [0.29, 0.717) is 58.1 Å². The van der Waals surface area contributed by atoms with E-state index < -0.39 is 33.1 Å². The van der Waals surface area contributed by atoms with E-state index in [9.17, 15) is 22.0 Å². The number of aromatic nitrogens is 4. The predicted octanol–water partition coefficient (Wildman–Crippen LogP) is 7.36. The molecule has 7 rings (SSSR count). The summed E-state index contributed by atoms with van der Waals surface area (Å²) in [6.45, 7) is 4.23. The third-order valence-electron chi connectivity index (χ3n) is 9.74. The lowest BCUT2D eigenvalue weighted by molar-refractivity contribution is 0.102. The predicted molar refractivity (Wildman–Crippen MR) is 212 cm³/mol. The Kier molecular flexibility index (Phi) is 11.3. The largest absolute Gasteiger partial charge is 0.495 e. The van der Waals surface area contributed by atoms with Crippen molar-refractivity contribution in [1.29, 1.82) is 0 Å². The molecule has 1 amide bonds. The van der Waals surface area contributed by atoms with E-state index >= 15 is 0 Å². The van der Waals surface area contributed by atoms with Crippen LogP contribution in [0.15, 0.2) is 91.3 Å². The van der Waals surface area contributed by atoms with E-state index in [1.807, 2.05) is 40.9 Å². The maximum Gasteiger partial charge on any atom is 0.259 e. The number of rotatable bonds is 13. The van der Waals surface area contributed by atoms with Gasteiger partial charge in [0.15, 0.2) is 0 Å². The average molecular weight is 782 g/mol. The van der Waals surface area contributed by atoms with Crippen molar-refractivity contribution in [2.45, 2.75) is 25.7 Å². The number of halogens is 2. The van der Waals surface area contributed by atoms with E-state index in [4.69, 9.17) is 19.4 Å². The molecule has 0 radical (unpaired) electrons. The third kappa shape index (κ3) is 8.48. The van der Waals surface area contributed by atoms with Crippen LogP contribution in [-0.2, 0) is 9.84 Å². The minimum absolute atomic E-state index is 0.0630. The number of carbonyl (C=O) groups is 1.